The summed E-state index contributed by atoms with van der Waals surface area (Å²) in [5, 5.41) is 3.04. The molecule has 9 heteroatoms. The molecule has 1 amide bonds. The molecule has 31 heavy (non-hydrogen) atoms. The monoisotopic (exact) mass is 462 g/mol. The molecule has 168 valence electrons. The van der Waals surface area contributed by atoms with Crippen LogP contribution in [0.25, 0.3) is 0 Å². The van der Waals surface area contributed by atoms with E-state index in [1.54, 1.807) is 33.8 Å². The van der Waals surface area contributed by atoms with E-state index in [9.17, 15) is 13.2 Å². The standard InChI is InChI=1S/C22H30N4O3S2/c1-17-7-8-19(31(28,29)26-11-4-3-5-12-26)15-20(17)21(27)24-9-6-10-25(14-13-24)22-23-18(2)16-30-22/h7-8,15-16H,3-6,9-14H2,1-2H3. The molecule has 0 spiro atoms. The summed E-state index contributed by atoms with van der Waals surface area (Å²) >= 11 is 1.63. The second-order valence-electron chi connectivity index (χ2n) is 8.35. The first-order chi connectivity index (χ1) is 14.9. The van der Waals surface area contributed by atoms with Crippen LogP contribution in [-0.2, 0) is 10.0 Å². The van der Waals surface area contributed by atoms with Gasteiger partial charge in [0.15, 0.2) is 5.13 Å². The van der Waals surface area contributed by atoms with E-state index in [1.165, 1.54) is 0 Å². The topological polar surface area (TPSA) is 73.8 Å². The summed E-state index contributed by atoms with van der Waals surface area (Å²) < 4.78 is 27.7. The van der Waals surface area contributed by atoms with Crippen molar-refractivity contribution in [1.82, 2.24) is 14.2 Å². The van der Waals surface area contributed by atoms with Gasteiger partial charge < -0.3 is 9.80 Å². The largest absolute Gasteiger partial charge is 0.346 e. The first kappa shape index (κ1) is 22.2. The van der Waals surface area contributed by atoms with Crippen LogP contribution in [0, 0.1) is 13.8 Å². The number of aromatic nitrogens is 1. The van der Waals surface area contributed by atoms with Gasteiger partial charge in [0.1, 0.15) is 0 Å². The number of anilines is 1. The minimum absolute atomic E-state index is 0.0923. The highest BCUT2D eigenvalue weighted by Crippen LogP contribution is 2.25. The molecule has 0 bridgehead atoms. The summed E-state index contributed by atoms with van der Waals surface area (Å²) in [5.41, 5.74) is 2.30. The van der Waals surface area contributed by atoms with Crippen LogP contribution in [0.3, 0.4) is 0 Å². The molecule has 2 aliphatic rings. The van der Waals surface area contributed by atoms with E-state index < -0.39 is 10.0 Å². The Bertz CT molecular complexity index is 1040. The molecule has 4 rings (SSSR count). The maximum Gasteiger partial charge on any atom is 0.254 e. The predicted molar refractivity (Wildman–Crippen MR) is 123 cm³/mol. The van der Waals surface area contributed by atoms with Gasteiger partial charge in [0, 0.05) is 50.2 Å². The summed E-state index contributed by atoms with van der Waals surface area (Å²) in [7, 11) is -3.57. The van der Waals surface area contributed by atoms with Crippen molar-refractivity contribution in [1.29, 1.82) is 0 Å². The highest BCUT2D eigenvalue weighted by atomic mass is 32.2. The molecule has 0 unspecified atom stereocenters. The Hall–Kier alpha value is -1.97. The third kappa shape index (κ3) is 4.78. The lowest BCUT2D eigenvalue weighted by Crippen LogP contribution is -2.37. The number of hydrogen-bond donors (Lipinski definition) is 0. The van der Waals surface area contributed by atoms with Crippen LogP contribution >= 0.6 is 11.3 Å². The summed E-state index contributed by atoms with van der Waals surface area (Å²) in [5.74, 6) is -0.0923. The van der Waals surface area contributed by atoms with E-state index in [4.69, 9.17) is 0 Å². The molecule has 0 atom stereocenters. The normalized spacial score (nSPS) is 18.8. The first-order valence-corrected chi connectivity index (χ1v) is 13.3. The second-order valence-corrected chi connectivity index (χ2v) is 11.1. The number of hydrogen-bond acceptors (Lipinski definition) is 6. The van der Waals surface area contributed by atoms with Gasteiger partial charge in [-0.25, -0.2) is 13.4 Å². The van der Waals surface area contributed by atoms with Crippen LogP contribution in [-0.4, -0.2) is 67.8 Å². The molecular formula is C22H30N4O3S2. The minimum Gasteiger partial charge on any atom is -0.346 e. The van der Waals surface area contributed by atoms with E-state index in [0.717, 1.165) is 55.2 Å². The van der Waals surface area contributed by atoms with E-state index in [2.05, 4.69) is 9.88 Å². The van der Waals surface area contributed by atoms with Gasteiger partial charge in [-0.05, 0) is 50.8 Å². The van der Waals surface area contributed by atoms with Gasteiger partial charge in [0.05, 0.1) is 10.6 Å². The number of thiazole rings is 1. The molecule has 2 aromatic rings. The van der Waals surface area contributed by atoms with Gasteiger partial charge in [0.2, 0.25) is 10.0 Å². The molecule has 2 aliphatic heterocycles. The van der Waals surface area contributed by atoms with Crippen molar-refractivity contribution in [3.63, 3.8) is 0 Å². The van der Waals surface area contributed by atoms with Crippen molar-refractivity contribution in [3.05, 3.63) is 40.4 Å². The van der Waals surface area contributed by atoms with Crippen molar-refractivity contribution in [3.8, 4) is 0 Å². The molecular weight excluding hydrogens is 432 g/mol. The lowest BCUT2D eigenvalue weighted by atomic mass is 10.1. The van der Waals surface area contributed by atoms with Crippen LogP contribution in [0.2, 0.25) is 0 Å². The average Bonchev–Trinajstić information content (AvgIpc) is 3.06. The first-order valence-electron chi connectivity index (χ1n) is 10.9. The second kappa shape index (κ2) is 9.26. The Morgan fingerprint density at radius 1 is 0.968 bits per heavy atom. The third-order valence-electron chi connectivity index (χ3n) is 6.05. The van der Waals surface area contributed by atoms with Gasteiger partial charge in [0.25, 0.3) is 5.91 Å². The Morgan fingerprint density at radius 3 is 2.45 bits per heavy atom. The molecule has 0 aliphatic carbocycles. The molecule has 2 fully saturated rings. The quantitative estimate of drug-likeness (QED) is 0.697. The molecule has 2 saturated heterocycles. The number of nitrogens with zero attached hydrogens (tertiary/aromatic N) is 4. The van der Waals surface area contributed by atoms with Gasteiger partial charge in [-0.3, -0.25) is 4.79 Å². The van der Waals surface area contributed by atoms with Crippen LogP contribution in [0.1, 0.15) is 47.3 Å². The number of carbonyl (C=O) groups excluding carboxylic acids is 1. The highest BCUT2D eigenvalue weighted by molar-refractivity contribution is 7.89. The zero-order valence-electron chi connectivity index (χ0n) is 18.2. The molecule has 7 nitrogen and oxygen atoms in total. The molecule has 0 radical (unpaired) electrons. The summed E-state index contributed by atoms with van der Waals surface area (Å²) in [6.45, 7) is 7.80. The highest BCUT2D eigenvalue weighted by Gasteiger charge is 2.28. The molecule has 0 saturated carbocycles. The third-order valence-corrected chi connectivity index (χ3v) is 8.97. The average molecular weight is 463 g/mol. The smallest absolute Gasteiger partial charge is 0.254 e. The van der Waals surface area contributed by atoms with Gasteiger partial charge in [-0.1, -0.05) is 12.5 Å². The predicted octanol–water partition coefficient (Wildman–Crippen LogP) is 3.29. The van der Waals surface area contributed by atoms with Crippen molar-refractivity contribution in [2.24, 2.45) is 0 Å². The van der Waals surface area contributed by atoms with Crippen molar-refractivity contribution >= 4 is 32.4 Å². The van der Waals surface area contributed by atoms with E-state index in [-0.39, 0.29) is 10.8 Å². The SMILES string of the molecule is Cc1csc(N2CCCN(C(=O)c3cc(S(=O)(=O)N4CCCCC4)ccc3C)CC2)n1. The zero-order valence-corrected chi connectivity index (χ0v) is 19.8. The van der Waals surface area contributed by atoms with Gasteiger partial charge in [-0.2, -0.15) is 4.31 Å². The molecule has 0 N–H and O–H groups in total. The van der Waals surface area contributed by atoms with Gasteiger partial charge >= 0.3 is 0 Å². The fourth-order valence-electron chi connectivity index (χ4n) is 4.22. The van der Waals surface area contributed by atoms with Crippen LogP contribution in [0.15, 0.2) is 28.5 Å². The molecule has 1 aromatic carbocycles. The van der Waals surface area contributed by atoms with Crippen LogP contribution in [0.4, 0.5) is 5.13 Å². The van der Waals surface area contributed by atoms with Crippen LogP contribution in [0.5, 0.6) is 0 Å². The Kier molecular flexibility index (Phi) is 6.64. The van der Waals surface area contributed by atoms with E-state index in [0.29, 0.717) is 31.7 Å². The van der Waals surface area contributed by atoms with E-state index in [1.807, 2.05) is 24.1 Å². The number of rotatable bonds is 4. The van der Waals surface area contributed by atoms with Crippen LogP contribution < -0.4 is 4.90 Å². The molecule has 1 aromatic heterocycles. The van der Waals surface area contributed by atoms with Gasteiger partial charge in [-0.15, -0.1) is 11.3 Å². The Morgan fingerprint density at radius 2 is 1.74 bits per heavy atom. The number of aryl methyl sites for hydroxylation is 2. The zero-order chi connectivity index (χ0) is 22.0. The number of amides is 1. The summed E-state index contributed by atoms with van der Waals surface area (Å²) in [6.07, 6.45) is 3.70. The Balaban J connectivity index is 1.52. The maximum absolute atomic E-state index is 13.4. The van der Waals surface area contributed by atoms with E-state index >= 15 is 0 Å². The lowest BCUT2D eigenvalue weighted by Gasteiger charge is -2.26. The van der Waals surface area contributed by atoms with Crippen molar-refractivity contribution in [2.75, 3.05) is 44.2 Å². The minimum atomic E-state index is -3.57. The van der Waals surface area contributed by atoms with Crippen molar-refractivity contribution < 1.29 is 13.2 Å². The molecule has 3 heterocycles. The Labute approximate surface area is 188 Å². The lowest BCUT2D eigenvalue weighted by molar-refractivity contribution is 0.0766. The number of benzene rings is 1. The fourth-order valence-corrected chi connectivity index (χ4v) is 6.62. The maximum atomic E-state index is 13.4. The summed E-state index contributed by atoms with van der Waals surface area (Å²) in [4.78, 5) is 22.2. The fraction of sp³-hybridized carbons (Fsp3) is 0.545. The summed E-state index contributed by atoms with van der Waals surface area (Å²) in [6, 6.07) is 4.96. The van der Waals surface area contributed by atoms with Crippen molar-refractivity contribution in [2.45, 2.75) is 44.4 Å². The number of sulfonamides is 1. The number of carbonyl (C=O) groups is 1. The number of piperidine rings is 1.